The van der Waals surface area contributed by atoms with Crippen LogP contribution in [0.1, 0.15) is 39.4 Å². The Kier molecular flexibility index (Phi) is 6.99. The van der Waals surface area contributed by atoms with Crippen molar-refractivity contribution in [2.45, 2.75) is 39.7 Å². The van der Waals surface area contributed by atoms with E-state index in [4.69, 9.17) is 10.3 Å². The van der Waals surface area contributed by atoms with Crippen LogP contribution in [0.5, 0.6) is 0 Å². The summed E-state index contributed by atoms with van der Waals surface area (Å²) in [5, 5.41) is 9.53. The number of halogens is 1. The Labute approximate surface area is 139 Å². The van der Waals surface area contributed by atoms with Gasteiger partial charge in [-0.3, -0.25) is 4.79 Å². The number of thiazole rings is 1. The summed E-state index contributed by atoms with van der Waals surface area (Å²) in [4.78, 5) is 16.4. The highest BCUT2D eigenvalue weighted by Gasteiger charge is 2.17. The Balaban J connectivity index is 0.00000242. The van der Waals surface area contributed by atoms with E-state index < -0.39 is 0 Å². The Morgan fingerprint density at radius 3 is 2.82 bits per heavy atom. The van der Waals surface area contributed by atoms with Gasteiger partial charge in [0.25, 0.3) is 5.91 Å². The molecule has 0 saturated carbocycles. The van der Waals surface area contributed by atoms with Crippen LogP contribution in [0.3, 0.4) is 0 Å². The second kappa shape index (κ2) is 8.26. The van der Waals surface area contributed by atoms with Crippen LogP contribution >= 0.6 is 23.7 Å². The average molecular weight is 345 g/mol. The lowest BCUT2D eigenvalue weighted by molar-refractivity contribution is 0.0935. The highest BCUT2D eigenvalue weighted by atomic mass is 35.5. The number of hydrogen-bond acceptors (Lipinski definition) is 6. The third-order valence-corrected chi connectivity index (χ3v) is 4.12. The maximum Gasteiger partial charge on any atom is 0.270 e. The van der Waals surface area contributed by atoms with E-state index in [2.05, 4.69) is 15.5 Å². The lowest BCUT2D eigenvalue weighted by Gasteiger charge is -2.12. The van der Waals surface area contributed by atoms with E-state index in [-0.39, 0.29) is 24.4 Å². The zero-order valence-corrected chi connectivity index (χ0v) is 14.5. The van der Waals surface area contributed by atoms with Gasteiger partial charge in [-0.2, -0.15) is 0 Å². The monoisotopic (exact) mass is 344 g/mol. The first kappa shape index (κ1) is 18.6. The molecule has 3 N–H and O–H groups in total. The summed E-state index contributed by atoms with van der Waals surface area (Å²) in [7, 11) is 0. The predicted molar refractivity (Wildman–Crippen MR) is 88.7 cm³/mol. The van der Waals surface area contributed by atoms with Crippen LogP contribution in [0.15, 0.2) is 9.90 Å². The minimum Gasteiger partial charge on any atom is -0.361 e. The molecule has 2 rings (SSSR count). The van der Waals surface area contributed by atoms with E-state index in [1.165, 1.54) is 11.3 Å². The number of rotatable bonds is 6. The normalized spacial score (nSPS) is 11.8. The fraction of sp³-hybridized carbons (Fsp3) is 0.500. The van der Waals surface area contributed by atoms with Gasteiger partial charge in [0.05, 0.1) is 10.7 Å². The van der Waals surface area contributed by atoms with E-state index in [0.717, 1.165) is 22.0 Å². The molecular weight excluding hydrogens is 324 g/mol. The fourth-order valence-electron chi connectivity index (χ4n) is 2.10. The van der Waals surface area contributed by atoms with Crippen molar-refractivity contribution in [2.24, 2.45) is 5.73 Å². The zero-order chi connectivity index (χ0) is 15.4. The number of carbonyl (C=O) groups is 1. The van der Waals surface area contributed by atoms with Crippen LogP contribution in [-0.4, -0.2) is 28.6 Å². The smallest absolute Gasteiger partial charge is 0.270 e. The molecule has 0 radical (unpaired) electrons. The third kappa shape index (κ3) is 4.53. The van der Waals surface area contributed by atoms with Crippen molar-refractivity contribution in [3.05, 3.63) is 33.1 Å². The molecule has 0 fully saturated rings. The molecule has 0 spiro atoms. The number of nitrogens with one attached hydrogen (secondary N) is 1. The predicted octanol–water partition coefficient (Wildman–Crippen LogP) is 2.03. The number of aromatic nitrogens is 2. The molecule has 0 aliphatic rings. The van der Waals surface area contributed by atoms with Crippen molar-refractivity contribution in [1.82, 2.24) is 15.5 Å². The van der Waals surface area contributed by atoms with Gasteiger partial charge in [0.15, 0.2) is 0 Å². The average Bonchev–Trinajstić information content (AvgIpc) is 3.01. The van der Waals surface area contributed by atoms with E-state index in [0.29, 0.717) is 25.1 Å². The van der Waals surface area contributed by atoms with Crippen LogP contribution in [0.4, 0.5) is 0 Å². The topological polar surface area (TPSA) is 94.0 Å². The maximum atomic E-state index is 12.1. The van der Waals surface area contributed by atoms with Crippen LogP contribution < -0.4 is 11.1 Å². The second-order valence-electron chi connectivity index (χ2n) is 5.05. The van der Waals surface area contributed by atoms with Gasteiger partial charge in [0.2, 0.25) is 0 Å². The molecule has 22 heavy (non-hydrogen) atoms. The molecule has 2 aromatic heterocycles. The van der Waals surface area contributed by atoms with E-state index >= 15 is 0 Å². The highest BCUT2D eigenvalue weighted by Crippen LogP contribution is 2.15. The molecule has 0 aliphatic heterocycles. The lowest BCUT2D eigenvalue weighted by atomic mass is 10.1. The van der Waals surface area contributed by atoms with Gasteiger partial charge in [0.1, 0.15) is 11.5 Å². The third-order valence-electron chi connectivity index (χ3n) is 3.21. The van der Waals surface area contributed by atoms with Gasteiger partial charge < -0.3 is 15.6 Å². The molecule has 2 heterocycles. The number of nitrogens with zero attached hydrogens (tertiary/aromatic N) is 2. The largest absolute Gasteiger partial charge is 0.361 e. The van der Waals surface area contributed by atoms with Crippen molar-refractivity contribution < 1.29 is 9.32 Å². The lowest BCUT2D eigenvalue weighted by Crippen LogP contribution is -2.34. The number of nitrogens with two attached hydrogens (primary N) is 1. The van der Waals surface area contributed by atoms with E-state index in [1.54, 1.807) is 5.38 Å². The summed E-state index contributed by atoms with van der Waals surface area (Å²) < 4.78 is 5.13. The van der Waals surface area contributed by atoms with Crippen LogP contribution in [-0.2, 0) is 12.8 Å². The standard InChI is InChI=1S/C14H20N4O2S.ClH/c1-8(6-11-9(2)18-20-10(11)3)16-14(19)12-7-21-13(17-12)4-5-15;/h7-8H,4-6,15H2,1-3H3,(H,16,19);1H. The second-order valence-corrected chi connectivity index (χ2v) is 5.99. The van der Waals surface area contributed by atoms with Crippen molar-refractivity contribution in [2.75, 3.05) is 6.54 Å². The van der Waals surface area contributed by atoms with Gasteiger partial charge in [-0.25, -0.2) is 4.98 Å². The van der Waals surface area contributed by atoms with Gasteiger partial charge in [0, 0.05) is 23.4 Å². The summed E-state index contributed by atoms with van der Waals surface area (Å²) in [5.41, 5.74) is 7.85. The first-order valence-corrected chi connectivity index (χ1v) is 7.76. The van der Waals surface area contributed by atoms with Gasteiger partial charge in [-0.1, -0.05) is 5.16 Å². The number of hydrogen-bond donors (Lipinski definition) is 2. The minimum atomic E-state index is -0.159. The van der Waals surface area contributed by atoms with E-state index in [9.17, 15) is 4.79 Å². The Morgan fingerprint density at radius 2 is 2.23 bits per heavy atom. The summed E-state index contributed by atoms with van der Waals surface area (Å²) in [6.07, 6.45) is 1.39. The van der Waals surface area contributed by atoms with Crippen LogP contribution in [0, 0.1) is 13.8 Å². The van der Waals surface area contributed by atoms with Crippen molar-refractivity contribution in [1.29, 1.82) is 0 Å². The molecule has 122 valence electrons. The van der Waals surface area contributed by atoms with E-state index in [1.807, 2.05) is 20.8 Å². The quantitative estimate of drug-likeness (QED) is 0.836. The molecule has 1 unspecified atom stereocenters. The summed E-state index contributed by atoms with van der Waals surface area (Å²) in [6.45, 7) is 6.28. The van der Waals surface area contributed by atoms with Gasteiger partial charge in [-0.15, -0.1) is 23.7 Å². The number of amides is 1. The molecule has 0 aromatic carbocycles. The van der Waals surface area contributed by atoms with Crippen LogP contribution in [0.25, 0.3) is 0 Å². The number of aryl methyl sites for hydroxylation is 2. The Bertz CT molecular complexity index is 607. The molecule has 2 aromatic rings. The molecule has 0 bridgehead atoms. The summed E-state index contributed by atoms with van der Waals surface area (Å²) in [6, 6.07) is -0.0195. The summed E-state index contributed by atoms with van der Waals surface area (Å²) in [5.74, 6) is 0.640. The zero-order valence-electron chi connectivity index (χ0n) is 12.9. The first-order valence-electron chi connectivity index (χ1n) is 6.88. The molecule has 1 atom stereocenters. The fourth-order valence-corrected chi connectivity index (χ4v) is 2.90. The molecule has 0 aliphatic carbocycles. The minimum absolute atomic E-state index is 0. The maximum absolute atomic E-state index is 12.1. The molecule has 6 nitrogen and oxygen atoms in total. The first-order chi connectivity index (χ1) is 10.0. The number of carbonyl (C=O) groups excluding carboxylic acids is 1. The van der Waals surface area contributed by atoms with Crippen molar-refractivity contribution in [3.8, 4) is 0 Å². The highest BCUT2D eigenvalue weighted by molar-refractivity contribution is 7.09. The molecule has 1 amide bonds. The van der Waals surface area contributed by atoms with Crippen molar-refractivity contribution in [3.63, 3.8) is 0 Å². The SMILES string of the molecule is Cc1noc(C)c1CC(C)NC(=O)c1csc(CCN)n1.Cl. The van der Waals surface area contributed by atoms with Crippen LogP contribution in [0.2, 0.25) is 0 Å². The molecule has 0 saturated heterocycles. The Hall–Kier alpha value is -1.44. The van der Waals surface area contributed by atoms with Crippen molar-refractivity contribution >= 4 is 29.7 Å². The van der Waals surface area contributed by atoms with Gasteiger partial charge >= 0.3 is 0 Å². The molecule has 8 heteroatoms. The molecular formula is C14H21ClN4O2S. The van der Waals surface area contributed by atoms with Gasteiger partial charge in [-0.05, 0) is 33.7 Å². The Morgan fingerprint density at radius 1 is 1.50 bits per heavy atom. The summed E-state index contributed by atoms with van der Waals surface area (Å²) >= 11 is 1.46.